The van der Waals surface area contributed by atoms with E-state index in [1.54, 1.807) is 12.1 Å². The Bertz CT molecular complexity index is 801. The summed E-state index contributed by atoms with van der Waals surface area (Å²) in [6.45, 7) is 3.87. The SMILES string of the molecule is CCc1cn(C[C@H]2CCCN2C(=O)CCC(=O)NCc2ccc(N)cc2)nn1. The number of aryl methyl sites for hydroxylation is 1. The molecule has 2 aromatic rings. The number of amides is 2. The Balaban J connectivity index is 1.43. The minimum Gasteiger partial charge on any atom is -0.399 e. The second-order valence-electron chi connectivity index (χ2n) is 7.19. The van der Waals surface area contributed by atoms with Crippen LogP contribution in [0, 0.1) is 0 Å². The normalized spacial score (nSPS) is 16.3. The third kappa shape index (κ3) is 5.31. The molecule has 1 saturated heterocycles. The summed E-state index contributed by atoms with van der Waals surface area (Å²) in [4.78, 5) is 26.6. The van der Waals surface area contributed by atoms with E-state index in [2.05, 4.69) is 15.6 Å². The molecule has 1 aromatic carbocycles. The van der Waals surface area contributed by atoms with Crippen LogP contribution in [0.25, 0.3) is 0 Å². The molecule has 0 aliphatic carbocycles. The highest BCUT2D eigenvalue weighted by Gasteiger charge is 2.29. The molecule has 2 heterocycles. The van der Waals surface area contributed by atoms with Crippen LogP contribution in [0.2, 0.25) is 0 Å². The first-order valence-electron chi connectivity index (χ1n) is 9.84. The van der Waals surface area contributed by atoms with E-state index in [1.807, 2.05) is 34.8 Å². The van der Waals surface area contributed by atoms with Crippen LogP contribution in [-0.4, -0.2) is 44.3 Å². The molecule has 2 amide bonds. The van der Waals surface area contributed by atoms with Crippen molar-refractivity contribution in [3.8, 4) is 0 Å². The fraction of sp³-hybridized carbons (Fsp3) is 0.500. The maximum absolute atomic E-state index is 12.6. The van der Waals surface area contributed by atoms with Gasteiger partial charge in [-0.2, -0.15) is 0 Å². The molecule has 8 heteroatoms. The van der Waals surface area contributed by atoms with Crippen LogP contribution in [0.3, 0.4) is 0 Å². The first-order valence-corrected chi connectivity index (χ1v) is 9.84. The van der Waals surface area contributed by atoms with Crippen LogP contribution in [-0.2, 0) is 29.1 Å². The van der Waals surface area contributed by atoms with Crippen LogP contribution in [0.5, 0.6) is 0 Å². The third-order valence-corrected chi connectivity index (χ3v) is 5.08. The van der Waals surface area contributed by atoms with Crippen molar-refractivity contribution < 1.29 is 9.59 Å². The molecule has 1 fully saturated rings. The van der Waals surface area contributed by atoms with E-state index in [9.17, 15) is 9.59 Å². The highest BCUT2D eigenvalue weighted by molar-refractivity contribution is 5.84. The molecule has 1 aromatic heterocycles. The smallest absolute Gasteiger partial charge is 0.223 e. The molecule has 8 nitrogen and oxygen atoms in total. The minimum absolute atomic E-state index is 0.0287. The summed E-state index contributed by atoms with van der Waals surface area (Å²) in [5, 5.41) is 11.1. The van der Waals surface area contributed by atoms with Gasteiger partial charge in [0, 0.05) is 37.8 Å². The molecule has 1 aliphatic rings. The van der Waals surface area contributed by atoms with Crippen molar-refractivity contribution in [2.45, 2.75) is 58.2 Å². The zero-order valence-electron chi connectivity index (χ0n) is 16.3. The van der Waals surface area contributed by atoms with Crippen molar-refractivity contribution in [1.29, 1.82) is 0 Å². The summed E-state index contributed by atoms with van der Waals surface area (Å²) in [5.41, 5.74) is 8.28. The maximum Gasteiger partial charge on any atom is 0.223 e. The fourth-order valence-electron chi connectivity index (χ4n) is 3.45. The van der Waals surface area contributed by atoms with Crippen molar-refractivity contribution in [1.82, 2.24) is 25.2 Å². The predicted molar refractivity (Wildman–Crippen MR) is 106 cm³/mol. The van der Waals surface area contributed by atoms with E-state index in [1.165, 1.54) is 0 Å². The number of nitrogens with two attached hydrogens (primary N) is 1. The maximum atomic E-state index is 12.6. The zero-order chi connectivity index (χ0) is 19.9. The molecule has 0 saturated carbocycles. The minimum atomic E-state index is -0.121. The zero-order valence-corrected chi connectivity index (χ0v) is 16.3. The number of hydrogen-bond donors (Lipinski definition) is 2. The summed E-state index contributed by atoms with van der Waals surface area (Å²) in [6, 6.07) is 7.48. The lowest BCUT2D eigenvalue weighted by atomic mass is 10.2. The first-order chi connectivity index (χ1) is 13.5. The van der Waals surface area contributed by atoms with Gasteiger partial charge in [-0.25, -0.2) is 0 Å². The number of carbonyl (C=O) groups is 2. The number of aromatic nitrogens is 3. The summed E-state index contributed by atoms with van der Waals surface area (Å²) in [5.74, 6) is -0.0919. The molecule has 0 bridgehead atoms. The number of nitrogen functional groups attached to an aromatic ring is 1. The average Bonchev–Trinajstić information content (AvgIpc) is 3.35. The molecule has 3 N–H and O–H groups in total. The van der Waals surface area contributed by atoms with Gasteiger partial charge in [0.05, 0.1) is 18.3 Å². The van der Waals surface area contributed by atoms with E-state index in [0.29, 0.717) is 18.8 Å². The van der Waals surface area contributed by atoms with Crippen molar-refractivity contribution in [2.75, 3.05) is 12.3 Å². The van der Waals surface area contributed by atoms with Crippen molar-refractivity contribution in [3.63, 3.8) is 0 Å². The molecule has 150 valence electrons. The summed E-state index contributed by atoms with van der Waals surface area (Å²) in [6.07, 6.45) is 5.14. The fourth-order valence-corrected chi connectivity index (χ4v) is 3.45. The van der Waals surface area contributed by atoms with Crippen molar-refractivity contribution in [2.24, 2.45) is 0 Å². The van der Waals surface area contributed by atoms with Gasteiger partial charge >= 0.3 is 0 Å². The van der Waals surface area contributed by atoms with Crippen LogP contribution in [0.15, 0.2) is 30.5 Å². The van der Waals surface area contributed by atoms with Crippen LogP contribution in [0.1, 0.15) is 43.9 Å². The van der Waals surface area contributed by atoms with E-state index in [0.717, 1.165) is 37.1 Å². The Morgan fingerprint density at radius 1 is 1.25 bits per heavy atom. The van der Waals surface area contributed by atoms with Crippen LogP contribution < -0.4 is 11.1 Å². The third-order valence-electron chi connectivity index (χ3n) is 5.08. The van der Waals surface area contributed by atoms with E-state index in [-0.39, 0.29) is 30.7 Å². The van der Waals surface area contributed by atoms with Gasteiger partial charge in [0.1, 0.15) is 0 Å². The Labute approximate surface area is 165 Å². The lowest BCUT2D eigenvalue weighted by Gasteiger charge is -2.24. The molecular formula is C20H28N6O2. The number of hydrogen-bond acceptors (Lipinski definition) is 5. The average molecular weight is 384 g/mol. The molecule has 0 radical (unpaired) electrons. The number of anilines is 1. The second kappa shape index (κ2) is 9.34. The molecule has 0 spiro atoms. The second-order valence-corrected chi connectivity index (χ2v) is 7.19. The van der Waals surface area contributed by atoms with E-state index >= 15 is 0 Å². The topological polar surface area (TPSA) is 106 Å². The Morgan fingerprint density at radius 3 is 2.75 bits per heavy atom. The number of nitrogens with zero attached hydrogens (tertiary/aromatic N) is 4. The number of likely N-dealkylation sites (tertiary alicyclic amines) is 1. The number of rotatable bonds is 8. The highest BCUT2D eigenvalue weighted by atomic mass is 16.2. The molecule has 3 rings (SSSR count). The van der Waals surface area contributed by atoms with Crippen molar-refractivity contribution >= 4 is 17.5 Å². The van der Waals surface area contributed by atoms with Gasteiger partial charge in [-0.1, -0.05) is 24.3 Å². The Kier molecular flexibility index (Phi) is 6.62. The van der Waals surface area contributed by atoms with Crippen LogP contribution >= 0.6 is 0 Å². The summed E-state index contributed by atoms with van der Waals surface area (Å²) in [7, 11) is 0. The molecule has 28 heavy (non-hydrogen) atoms. The molecular weight excluding hydrogens is 356 g/mol. The van der Waals surface area contributed by atoms with Gasteiger partial charge in [-0.3, -0.25) is 14.3 Å². The predicted octanol–water partition coefficient (Wildman–Crippen LogP) is 1.51. The van der Waals surface area contributed by atoms with Gasteiger partial charge in [-0.15, -0.1) is 5.10 Å². The monoisotopic (exact) mass is 384 g/mol. The van der Waals surface area contributed by atoms with Gasteiger partial charge in [0.2, 0.25) is 11.8 Å². The number of nitrogens with one attached hydrogen (secondary N) is 1. The quantitative estimate of drug-likeness (QED) is 0.671. The van der Waals surface area contributed by atoms with Gasteiger partial charge in [0.25, 0.3) is 0 Å². The number of carbonyl (C=O) groups excluding carboxylic acids is 2. The van der Waals surface area contributed by atoms with E-state index < -0.39 is 0 Å². The Morgan fingerprint density at radius 2 is 2.04 bits per heavy atom. The number of benzene rings is 1. The van der Waals surface area contributed by atoms with Gasteiger partial charge < -0.3 is 16.0 Å². The van der Waals surface area contributed by atoms with Gasteiger partial charge in [-0.05, 0) is 37.0 Å². The lowest BCUT2D eigenvalue weighted by Crippen LogP contribution is -2.38. The molecule has 1 atom stereocenters. The molecule has 1 aliphatic heterocycles. The van der Waals surface area contributed by atoms with Gasteiger partial charge in [0.15, 0.2) is 0 Å². The van der Waals surface area contributed by atoms with E-state index in [4.69, 9.17) is 5.73 Å². The first kappa shape index (κ1) is 19.9. The van der Waals surface area contributed by atoms with Crippen LogP contribution in [0.4, 0.5) is 5.69 Å². The highest BCUT2D eigenvalue weighted by Crippen LogP contribution is 2.20. The van der Waals surface area contributed by atoms with Crippen molar-refractivity contribution in [3.05, 3.63) is 41.7 Å². The lowest BCUT2D eigenvalue weighted by molar-refractivity contribution is -0.134. The summed E-state index contributed by atoms with van der Waals surface area (Å²) >= 11 is 0. The Hall–Kier alpha value is -2.90. The summed E-state index contributed by atoms with van der Waals surface area (Å²) < 4.78 is 1.81. The molecule has 0 unspecified atom stereocenters. The largest absolute Gasteiger partial charge is 0.399 e. The standard InChI is InChI=1S/C20H28N6O2/c1-2-17-13-25(24-23-17)14-18-4-3-11-26(18)20(28)10-9-19(27)22-12-15-5-7-16(21)8-6-15/h5-8,13,18H,2-4,9-12,14,21H2,1H3,(H,22,27)/t18-/m1/s1.